The summed E-state index contributed by atoms with van der Waals surface area (Å²) in [6.07, 6.45) is 1.24. The maximum atomic E-state index is 11.4. The fourth-order valence-corrected chi connectivity index (χ4v) is 3.03. The summed E-state index contributed by atoms with van der Waals surface area (Å²) in [4.78, 5) is 15.8. The van der Waals surface area contributed by atoms with Crippen molar-refractivity contribution >= 4 is 61.5 Å². The maximum Gasteiger partial charge on any atom is 0.226 e. The largest absolute Gasteiger partial charge is 0.308 e. The monoisotopic (exact) mass is 327 g/mol. The second kappa shape index (κ2) is 6.47. The number of carbonyl (C=O) groups excluding carboxylic acids is 1. The average molecular weight is 328 g/mol. The van der Waals surface area contributed by atoms with Gasteiger partial charge in [0, 0.05) is 11.4 Å². The van der Waals surface area contributed by atoms with Crippen molar-refractivity contribution in [3.05, 3.63) is 22.7 Å². The number of nitrogens with one attached hydrogen (secondary N) is 2. The molecule has 0 fully saturated rings. The lowest BCUT2D eigenvalue weighted by molar-refractivity contribution is -0.119. The summed E-state index contributed by atoms with van der Waals surface area (Å²) in [6, 6.07) is 3.81. The summed E-state index contributed by atoms with van der Waals surface area (Å²) in [5.41, 5.74) is 1.82. The number of rotatable bonds is 3. The zero-order chi connectivity index (χ0) is 14.7. The third-order valence-corrected chi connectivity index (χ3v) is 4.16. The highest BCUT2D eigenvalue weighted by Gasteiger charge is 2.09. The van der Waals surface area contributed by atoms with Crippen molar-refractivity contribution in [2.24, 2.45) is 0 Å². The molecule has 0 spiro atoms. The van der Waals surface area contributed by atoms with E-state index in [4.69, 9.17) is 23.8 Å². The Labute approximate surface area is 131 Å². The summed E-state index contributed by atoms with van der Waals surface area (Å²) in [6.45, 7) is 3.89. The van der Waals surface area contributed by atoms with Crippen LogP contribution in [0.15, 0.2) is 12.1 Å². The zero-order valence-corrected chi connectivity index (χ0v) is 13.5. The number of aromatic nitrogens is 1. The van der Waals surface area contributed by atoms with Crippen molar-refractivity contribution in [1.82, 2.24) is 10.3 Å². The number of halogens is 1. The molecular weight excluding hydrogens is 314 g/mol. The van der Waals surface area contributed by atoms with Crippen LogP contribution in [0.25, 0.3) is 10.2 Å². The van der Waals surface area contributed by atoms with Crippen molar-refractivity contribution < 1.29 is 4.79 Å². The molecule has 4 nitrogen and oxygen atoms in total. The Balaban J connectivity index is 2.10. The molecule has 2 aromatic rings. The third-order valence-electron chi connectivity index (χ3n) is 2.62. The highest BCUT2D eigenvalue weighted by Crippen LogP contribution is 2.30. The summed E-state index contributed by atoms with van der Waals surface area (Å²) < 4.78 is 1.03. The molecule has 0 aliphatic heterocycles. The Hall–Kier alpha value is -1.24. The van der Waals surface area contributed by atoms with Crippen molar-refractivity contribution in [1.29, 1.82) is 0 Å². The van der Waals surface area contributed by atoms with Crippen LogP contribution in [0.2, 0.25) is 5.02 Å². The molecule has 0 aliphatic rings. The van der Waals surface area contributed by atoms with Gasteiger partial charge in [0.2, 0.25) is 5.91 Å². The van der Waals surface area contributed by atoms with Gasteiger partial charge in [-0.05, 0) is 43.3 Å². The van der Waals surface area contributed by atoms with Crippen LogP contribution in [-0.4, -0.2) is 16.0 Å². The molecule has 1 amide bonds. The molecule has 0 aliphatic carbocycles. The maximum absolute atomic E-state index is 11.4. The van der Waals surface area contributed by atoms with Crippen molar-refractivity contribution in [3.63, 3.8) is 0 Å². The minimum atomic E-state index is -0.0926. The molecule has 1 aromatic carbocycles. The van der Waals surface area contributed by atoms with Crippen molar-refractivity contribution in [3.8, 4) is 0 Å². The first kappa shape index (κ1) is 15.2. The number of hydrogen-bond acceptors (Lipinski definition) is 4. The van der Waals surface area contributed by atoms with E-state index in [1.807, 2.05) is 26.0 Å². The SMILES string of the molecule is CCCC(=O)NC(=S)Nc1nc2cc(Cl)c(C)cc2s1. The topological polar surface area (TPSA) is 54.0 Å². The average Bonchev–Trinajstić information content (AvgIpc) is 2.70. The summed E-state index contributed by atoms with van der Waals surface area (Å²) in [5.74, 6) is -0.0926. The van der Waals surface area contributed by atoms with Crippen LogP contribution in [0.4, 0.5) is 5.13 Å². The van der Waals surface area contributed by atoms with E-state index in [1.165, 1.54) is 11.3 Å². The van der Waals surface area contributed by atoms with Gasteiger partial charge in [-0.25, -0.2) is 4.98 Å². The second-order valence-electron chi connectivity index (χ2n) is 4.34. The van der Waals surface area contributed by atoms with E-state index >= 15 is 0 Å². The van der Waals surface area contributed by atoms with Crippen LogP contribution < -0.4 is 10.6 Å². The second-order valence-corrected chi connectivity index (χ2v) is 6.19. The fraction of sp³-hybridized carbons (Fsp3) is 0.308. The fourth-order valence-electron chi connectivity index (χ4n) is 1.65. The van der Waals surface area contributed by atoms with Gasteiger partial charge in [-0.3, -0.25) is 4.79 Å². The van der Waals surface area contributed by atoms with E-state index in [1.54, 1.807) is 0 Å². The van der Waals surface area contributed by atoms with Crippen molar-refractivity contribution in [2.45, 2.75) is 26.7 Å². The minimum absolute atomic E-state index is 0.0926. The molecule has 106 valence electrons. The number of amides is 1. The lowest BCUT2D eigenvalue weighted by Crippen LogP contribution is -2.33. The Morgan fingerprint density at radius 2 is 2.25 bits per heavy atom. The molecule has 0 saturated carbocycles. The quantitative estimate of drug-likeness (QED) is 0.840. The summed E-state index contributed by atoms with van der Waals surface area (Å²) in [5, 5.41) is 7.14. The third kappa shape index (κ3) is 3.65. The van der Waals surface area contributed by atoms with Gasteiger partial charge < -0.3 is 10.6 Å². The summed E-state index contributed by atoms with van der Waals surface area (Å²) >= 11 is 12.6. The van der Waals surface area contributed by atoms with Crippen LogP contribution in [0.1, 0.15) is 25.3 Å². The molecule has 0 radical (unpaired) electrons. The first-order chi connectivity index (χ1) is 9.49. The van der Waals surface area contributed by atoms with E-state index in [9.17, 15) is 4.79 Å². The Kier molecular flexibility index (Phi) is 4.91. The van der Waals surface area contributed by atoms with Crippen molar-refractivity contribution in [2.75, 3.05) is 5.32 Å². The summed E-state index contributed by atoms with van der Waals surface area (Å²) in [7, 11) is 0. The molecule has 1 aromatic heterocycles. The first-order valence-electron chi connectivity index (χ1n) is 6.17. The number of benzene rings is 1. The molecule has 1 heterocycles. The van der Waals surface area contributed by atoms with Crippen LogP contribution >= 0.6 is 35.2 Å². The number of thiocarbonyl (C=S) groups is 1. The number of carbonyl (C=O) groups is 1. The zero-order valence-electron chi connectivity index (χ0n) is 11.1. The Morgan fingerprint density at radius 1 is 1.50 bits per heavy atom. The molecule has 0 unspecified atom stereocenters. The number of fused-ring (bicyclic) bond motifs is 1. The Bertz CT molecular complexity index is 630. The first-order valence-corrected chi connectivity index (χ1v) is 7.77. The number of thiazole rings is 1. The van der Waals surface area contributed by atoms with Gasteiger partial charge in [-0.2, -0.15) is 0 Å². The minimum Gasteiger partial charge on any atom is -0.308 e. The van der Waals surface area contributed by atoms with Gasteiger partial charge in [-0.1, -0.05) is 29.9 Å². The molecular formula is C13H14ClN3OS2. The van der Waals surface area contributed by atoms with E-state index < -0.39 is 0 Å². The van der Waals surface area contributed by atoms with Gasteiger partial charge in [-0.15, -0.1) is 0 Å². The number of hydrogen-bond donors (Lipinski definition) is 2. The lowest BCUT2D eigenvalue weighted by atomic mass is 10.2. The molecule has 0 atom stereocenters. The molecule has 0 bridgehead atoms. The smallest absolute Gasteiger partial charge is 0.226 e. The van der Waals surface area contributed by atoms with Crippen LogP contribution in [0.3, 0.4) is 0 Å². The van der Waals surface area contributed by atoms with E-state index in [-0.39, 0.29) is 11.0 Å². The van der Waals surface area contributed by atoms with E-state index in [2.05, 4.69) is 15.6 Å². The standard InChI is InChI=1S/C13H14ClN3OS2/c1-3-4-11(18)16-12(19)17-13-15-9-6-8(14)7(2)5-10(9)20-13/h5-6H,3-4H2,1-2H3,(H2,15,16,17,18,19). The predicted molar refractivity (Wildman–Crippen MR) is 88.6 cm³/mol. The van der Waals surface area contributed by atoms with Crippen LogP contribution in [0, 0.1) is 6.92 Å². The van der Waals surface area contributed by atoms with Gasteiger partial charge in [0.1, 0.15) is 0 Å². The van der Waals surface area contributed by atoms with Gasteiger partial charge in [0.05, 0.1) is 10.2 Å². The molecule has 2 rings (SSSR count). The molecule has 0 saturated heterocycles. The van der Waals surface area contributed by atoms with Gasteiger partial charge in [0.25, 0.3) is 0 Å². The number of anilines is 1. The highest BCUT2D eigenvalue weighted by atomic mass is 35.5. The van der Waals surface area contributed by atoms with E-state index in [0.29, 0.717) is 16.6 Å². The predicted octanol–water partition coefficient (Wildman–Crippen LogP) is 3.87. The lowest BCUT2D eigenvalue weighted by Gasteiger charge is -2.05. The Morgan fingerprint density at radius 3 is 2.95 bits per heavy atom. The van der Waals surface area contributed by atoms with Crippen LogP contribution in [-0.2, 0) is 4.79 Å². The van der Waals surface area contributed by atoms with Gasteiger partial charge >= 0.3 is 0 Å². The number of nitrogens with zero attached hydrogens (tertiary/aromatic N) is 1. The van der Waals surface area contributed by atoms with Gasteiger partial charge in [0.15, 0.2) is 10.2 Å². The normalized spacial score (nSPS) is 10.6. The number of aryl methyl sites for hydroxylation is 1. The van der Waals surface area contributed by atoms with Crippen LogP contribution in [0.5, 0.6) is 0 Å². The molecule has 7 heteroatoms. The highest BCUT2D eigenvalue weighted by molar-refractivity contribution is 7.80. The van der Waals surface area contributed by atoms with E-state index in [0.717, 1.165) is 22.2 Å². The molecule has 20 heavy (non-hydrogen) atoms. The molecule has 2 N–H and O–H groups in total.